The SMILES string of the molecule is CC(C(=O)Nc1cccc(Cl)c1)N1CCC(O)CC1. The molecule has 1 aliphatic heterocycles. The number of nitrogens with one attached hydrogen (secondary N) is 1. The highest BCUT2D eigenvalue weighted by Crippen LogP contribution is 2.17. The van der Waals surface area contributed by atoms with Crippen LogP contribution in [0.15, 0.2) is 24.3 Å². The first-order chi connectivity index (χ1) is 9.06. The van der Waals surface area contributed by atoms with Crippen LogP contribution in [0.5, 0.6) is 0 Å². The molecule has 1 atom stereocenters. The zero-order valence-electron chi connectivity index (χ0n) is 11.0. The summed E-state index contributed by atoms with van der Waals surface area (Å²) in [6.45, 7) is 3.40. The third-order valence-electron chi connectivity index (χ3n) is 3.52. The van der Waals surface area contributed by atoms with Crippen LogP contribution in [0, 0.1) is 0 Å². The van der Waals surface area contributed by atoms with E-state index in [0.29, 0.717) is 10.7 Å². The predicted molar refractivity (Wildman–Crippen MR) is 76.4 cm³/mol. The van der Waals surface area contributed by atoms with E-state index in [9.17, 15) is 9.90 Å². The number of likely N-dealkylation sites (tertiary alicyclic amines) is 1. The highest BCUT2D eigenvalue weighted by molar-refractivity contribution is 6.30. The van der Waals surface area contributed by atoms with Gasteiger partial charge in [-0.05, 0) is 38.0 Å². The average Bonchev–Trinajstić information content (AvgIpc) is 2.39. The first-order valence-corrected chi connectivity index (χ1v) is 6.92. The minimum Gasteiger partial charge on any atom is -0.393 e. The fourth-order valence-electron chi connectivity index (χ4n) is 2.25. The minimum absolute atomic E-state index is 0.0429. The number of hydrogen-bond donors (Lipinski definition) is 2. The molecule has 0 saturated carbocycles. The third-order valence-corrected chi connectivity index (χ3v) is 3.75. The van der Waals surface area contributed by atoms with Crippen molar-refractivity contribution in [3.05, 3.63) is 29.3 Å². The van der Waals surface area contributed by atoms with E-state index >= 15 is 0 Å². The lowest BCUT2D eigenvalue weighted by molar-refractivity contribution is -0.121. The number of aliphatic hydroxyl groups excluding tert-OH is 1. The zero-order valence-corrected chi connectivity index (χ0v) is 11.7. The number of carbonyl (C=O) groups is 1. The molecule has 1 aliphatic rings. The molecular weight excluding hydrogens is 264 g/mol. The Morgan fingerprint density at radius 3 is 2.79 bits per heavy atom. The Morgan fingerprint density at radius 1 is 1.47 bits per heavy atom. The molecule has 4 nitrogen and oxygen atoms in total. The molecule has 0 aliphatic carbocycles. The molecule has 0 aromatic heterocycles. The van der Waals surface area contributed by atoms with Crippen LogP contribution in [0.1, 0.15) is 19.8 Å². The summed E-state index contributed by atoms with van der Waals surface area (Å²) in [6, 6.07) is 6.92. The standard InChI is InChI=1S/C14H19ClN2O2/c1-10(17-7-5-13(18)6-8-17)14(19)16-12-4-2-3-11(15)9-12/h2-4,9-10,13,18H,5-8H2,1H3,(H,16,19). The van der Waals surface area contributed by atoms with Gasteiger partial charge in [-0.15, -0.1) is 0 Å². The van der Waals surface area contributed by atoms with Crippen molar-refractivity contribution in [2.45, 2.75) is 31.9 Å². The van der Waals surface area contributed by atoms with Gasteiger partial charge in [0.2, 0.25) is 5.91 Å². The molecular formula is C14H19ClN2O2. The van der Waals surface area contributed by atoms with E-state index in [-0.39, 0.29) is 18.1 Å². The summed E-state index contributed by atoms with van der Waals surface area (Å²) in [4.78, 5) is 14.2. The van der Waals surface area contributed by atoms with Crippen LogP contribution in [0.4, 0.5) is 5.69 Å². The highest BCUT2D eigenvalue weighted by Gasteiger charge is 2.25. The Bertz CT molecular complexity index is 445. The summed E-state index contributed by atoms with van der Waals surface area (Å²) in [5.74, 6) is -0.0429. The molecule has 1 saturated heterocycles. The minimum atomic E-state index is -0.223. The number of anilines is 1. The maximum absolute atomic E-state index is 12.1. The lowest BCUT2D eigenvalue weighted by Gasteiger charge is -2.33. The molecule has 1 unspecified atom stereocenters. The molecule has 1 amide bonds. The van der Waals surface area contributed by atoms with Crippen LogP contribution in [0.25, 0.3) is 0 Å². The maximum Gasteiger partial charge on any atom is 0.241 e. The molecule has 1 heterocycles. The van der Waals surface area contributed by atoms with Gasteiger partial charge >= 0.3 is 0 Å². The van der Waals surface area contributed by atoms with Crippen molar-refractivity contribution >= 4 is 23.2 Å². The second-order valence-corrected chi connectivity index (χ2v) is 5.38. The Morgan fingerprint density at radius 2 is 2.16 bits per heavy atom. The molecule has 2 rings (SSSR count). The molecule has 1 aromatic carbocycles. The van der Waals surface area contributed by atoms with Gasteiger partial charge in [0.05, 0.1) is 12.1 Å². The van der Waals surface area contributed by atoms with Crippen molar-refractivity contribution in [1.29, 1.82) is 0 Å². The largest absolute Gasteiger partial charge is 0.393 e. The van der Waals surface area contributed by atoms with Crippen LogP contribution in [0.3, 0.4) is 0 Å². The quantitative estimate of drug-likeness (QED) is 0.893. The number of rotatable bonds is 3. The Balaban J connectivity index is 1.92. The lowest BCUT2D eigenvalue weighted by atomic mass is 10.1. The van der Waals surface area contributed by atoms with Crippen molar-refractivity contribution in [1.82, 2.24) is 4.90 Å². The van der Waals surface area contributed by atoms with E-state index in [1.807, 2.05) is 13.0 Å². The Hall–Kier alpha value is -1.10. The number of hydrogen-bond acceptors (Lipinski definition) is 3. The normalized spacial score (nSPS) is 19.1. The lowest BCUT2D eigenvalue weighted by Crippen LogP contribution is -2.47. The number of aliphatic hydroxyl groups is 1. The van der Waals surface area contributed by atoms with Crippen molar-refractivity contribution in [2.24, 2.45) is 0 Å². The van der Waals surface area contributed by atoms with Crippen LogP contribution >= 0.6 is 11.6 Å². The van der Waals surface area contributed by atoms with Crippen LogP contribution in [-0.2, 0) is 4.79 Å². The number of nitrogens with zero attached hydrogens (tertiary/aromatic N) is 1. The van der Waals surface area contributed by atoms with Crippen LogP contribution in [-0.4, -0.2) is 41.1 Å². The number of benzene rings is 1. The van der Waals surface area contributed by atoms with Crippen molar-refractivity contribution in [2.75, 3.05) is 18.4 Å². The van der Waals surface area contributed by atoms with E-state index in [1.165, 1.54) is 0 Å². The topological polar surface area (TPSA) is 52.6 Å². The fraction of sp³-hybridized carbons (Fsp3) is 0.500. The van der Waals surface area contributed by atoms with Gasteiger partial charge in [-0.2, -0.15) is 0 Å². The molecule has 0 bridgehead atoms. The summed E-state index contributed by atoms with van der Waals surface area (Å²) < 4.78 is 0. The second kappa shape index (κ2) is 6.37. The summed E-state index contributed by atoms with van der Waals surface area (Å²) in [6.07, 6.45) is 1.24. The van der Waals surface area contributed by atoms with E-state index in [2.05, 4.69) is 10.2 Å². The van der Waals surface area contributed by atoms with E-state index in [4.69, 9.17) is 11.6 Å². The molecule has 0 radical (unpaired) electrons. The number of halogens is 1. The van der Waals surface area contributed by atoms with Gasteiger partial charge in [-0.3, -0.25) is 9.69 Å². The molecule has 5 heteroatoms. The summed E-state index contributed by atoms with van der Waals surface area (Å²) in [5.41, 5.74) is 0.710. The predicted octanol–water partition coefficient (Wildman–Crippen LogP) is 2.12. The smallest absolute Gasteiger partial charge is 0.241 e. The second-order valence-electron chi connectivity index (χ2n) is 4.94. The van der Waals surface area contributed by atoms with Gasteiger partial charge in [-0.25, -0.2) is 0 Å². The number of piperidine rings is 1. The molecule has 1 fully saturated rings. The highest BCUT2D eigenvalue weighted by atomic mass is 35.5. The summed E-state index contributed by atoms with van der Waals surface area (Å²) >= 11 is 5.88. The molecule has 2 N–H and O–H groups in total. The number of amides is 1. The monoisotopic (exact) mass is 282 g/mol. The van der Waals surface area contributed by atoms with Crippen molar-refractivity contribution < 1.29 is 9.90 Å². The molecule has 0 spiro atoms. The van der Waals surface area contributed by atoms with E-state index in [1.54, 1.807) is 18.2 Å². The first-order valence-electron chi connectivity index (χ1n) is 6.55. The van der Waals surface area contributed by atoms with Crippen LogP contribution in [0.2, 0.25) is 5.02 Å². The molecule has 104 valence electrons. The van der Waals surface area contributed by atoms with Gasteiger partial charge in [0, 0.05) is 23.8 Å². The van der Waals surface area contributed by atoms with E-state index < -0.39 is 0 Å². The molecule has 1 aromatic rings. The van der Waals surface area contributed by atoms with Crippen LogP contribution < -0.4 is 5.32 Å². The number of carbonyl (C=O) groups excluding carboxylic acids is 1. The van der Waals surface area contributed by atoms with Crippen molar-refractivity contribution in [3.63, 3.8) is 0 Å². The molecule has 19 heavy (non-hydrogen) atoms. The summed E-state index contributed by atoms with van der Waals surface area (Å²) in [5, 5.41) is 12.9. The maximum atomic E-state index is 12.1. The van der Waals surface area contributed by atoms with Crippen molar-refractivity contribution in [3.8, 4) is 0 Å². The van der Waals surface area contributed by atoms with E-state index in [0.717, 1.165) is 25.9 Å². The average molecular weight is 283 g/mol. The first kappa shape index (κ1) is 14.3. The third kappa shape index (κ3) is 3.93. The van der Waals surface area contributed by atoms with Gasteiger partial charge < -0.3 is 10.4 Å². The zero-order chi connectivity index (χ0) is 13.8. The van der Waals surface area contributed by atoms with Gasteiger partial charge in [-0.1, -0.05) is 17.7 Å². The fourth-order valence-corrected chi connectivity index (χ4v) is 2.44. The van der Waals surface area contributed by atoms with Gasteiger partial charge in [0.1, 0.15) is 0 Å². The van der Waals surface area contributed by atoms with Gasteiger partial charge in [0.15, 0.2) is 0 Å². The summed E-state index contributed by atoms with van der Waals surface area (Å²) in [7, 11) is 0. The van der Waals surface area contributed by atoms with Gasteiger partial charge in [0.25, 0.3) is 0 Å². The Kier molecular flexibility index (Phi) is 4.80. The Labute approximate surface area is 118 Å².